The van der Waals surface area contributed by atoms with Crippen LogP contribution in [0.3, 0.4) is 0 Å². The van der Waals surface area contributed by atoms with Crippen molar-refractivity contribution in [3.8, 4) is 0 Å². The van der Waals surface area contributed by atoms with E-state index in [1.807, 2.05) is 0 Å². The molecule has 1 heteroatoms. The molecule has 2 fully saturated rings. The van der Waals surface area contributed by atoms with E-state index in [1.54, 1.807) is 0 Å². The Labute approximate surface area is 114 Å². The van der Waals surface area contributed by atoms with Crippen LogP contribution in [-0.4, -0.2) is 12.2 Å². The highest BCUT2D eigenvalue weighted by molar-refractivity contribution is 5.03. The molecular weight excluding hydrogens is 220 g/mol. The second-order valence-electron chi connectivity index (χ2n) is 8.06. The molecule has 2 rings (SSSR count). The van der Waals surface area contributed by atoms with Gasteiger partial charge in [-0.15, -0.1) is 0 Å². The van der Waals surface area contributed by atoms with Gasteiger partial charge >= 0.3 is 0 Å². The van der Waals surface area contributed by atoms with Crippen LogP contribution >= 0.6 is 0 Å². The number of hydrogen-bond donors (Lipinski definition) is 0. The lowest BCUT2D eigenvalue weighted by atomic mass is 9.49. The van der Waals surface area contributed by atoms with Crippen LogP contribution in [0.4, 0.5) is 0 Å². The van der Waals surface area contributed by atoms with Crippen molar-refractivity contribution >= 4 is 0 Å². The summed E-state index contributed by atoms with van der Waals surface area (Å²) in [5, 5.41) is 0. The zero-order valence-corrected chi connectivity index (χ0v) is 13.1. The van der Waals surface area contributed by atoms with Gasteiger partial charge in [0, 0.05) is 6.61 Å². The Kier molecular flexibility index (Phi) is 3.84. The molecule has 2 aliphatic carbocycles. The first-order valence-corrected chi connectivity index (χ1v) is 7.95. The Balaban J connectivity index is 2.12. The molecule has 2 aliphatic rings. The van der Waals surface area contributed by atoms with Gasteiger partial charge in [-0.3, -0.25) is 0 Å². The Morgan fingerprint density at radius 3 is 2.44 bits per heavy atom. The van der Waals surface area contributed by atoms with E-state index in [0.29, 0.717) is 10.8 Å². The molecule has 0 aliphatic heterocycles. The molecule has 1 nitrogen and oxygen atoms in total. The monoisotopic (exact) mass is 252 g/mol. The molecule has 0 radical (unpaired) electrons. The molecule has 106 valence electrons. The summed E-state index contributed by atoms with van der Waals surface area (Å²) < 4.78 is 6.20. The predicted octanol–water partition coefficient (Wildman–Crippen LogP) is 5.19. The average molecular weight is 252 g/mol. The minimum Gasteiger partial charge on any atom is -0.375 e. The standard InChI is InChI=1S/C17H32O/c1-6-12-18-17(5)11-8-14-15(2,3)9-7-10-16(14,4)13-17/h14H,6-13H2,1-5H3/t14-,16+,17-/m0/s1. The van der Waals surface area contributed by atoms with Gasteiger partial charge in [-0.2, -0.15) is 0 Å². The predicted molar refractivity (Wildman–Crippen MR) is 77.7 cm³/mol. The fraction of sp³-hybridized carbons (Fsp3) is 1.00. The summed E-state index contributed by atoms with van der Waals surface area (Å²) in [6.07, 6.45) is 9.27. The van der Waals surface area contributed by atoms with Crippen LogP contribution < -0.4 is 0 Å². The summed E-state index contributed by atoms with van der Waals surface area (Å²) in [4.78, 5) is 0. The molecular formula is C17H32O. The highest BCUT2D eigenvalue weighted by Crippen LogP contribution is 2.59. The van der Waals surface area contributed by atoms with Gasteiger partial charge in [0.15, 0.2) is 0 Å². The van der Waals surface area contributed by atoms with Gasteiger partial charge in [0.05, 0.1) is 5.60 Å². The quantitative estimate of drug-likeness (QED) is 0.672. The second-order valence-corrected chi connectivity index (χ2v) is 8.06. The maximum atomic E-state index is 6.20. The number of fused-ring (bicyclic) bond motifs is 1. The maximum absolute atomic E-state index is 6.20. The smallest absolute Gasteiger partial charge is 0.0660 e. The summed E-state index contributed by atoms with van der Waals surface area (Å²) in [6, 6.07) is 0. The molecule has 0 aromatic heterocycles. The number of hydrogen-bond acceptors (Lipinski definition) is 1. The maximum Gasteiger partial charge on any atom is 0.0660 e. The van der Waals surface area contributed by atoms with E-state index in [0.717, 1.165) is 18.9 Å². The van der Waals surface area contributed by atoms with E-state index in [9.17, 15) is 0 Å². The van der Waals surface area contributed by atoms with Crippen molar-refractivity contribution in [3.63, 3.8) is 0 Å². The second kappa shape index (κ2) is 4.81. The molecule has 0 aromatic rings. The van der Waals surface area contributed by atoms with Crippen molar-refractivity contribution in [3.05, 3.63) is 0 Å². The lowest BCUT2D eigenvalue weighted by Gasteiger charge is -2.57. The normalized spacial score (nSPS) is 43.5. The van der Waals surface area contributed by atoms with Gasteiger partial charge in [-0.1, -0.05) is 34.1 Å². The van der Waals surface area contributed by atoms with E-state index < -0.39 is 0 Å². The van der Waals surface area contributed by atoms with Crippen LogP contribution in [0.1, 0.15) is 79.6 Å². The molecule has 0 heterocycles. The number of rotatable bonds is 3. The molecule has 3 atom stereocenters. The first-order chi connectivity index (χ1) is 8.31. The summed E-state index contributed by atoms with van der Waals surface area (Å²) >= 11 is 0. The van der Waals surface area contributed by atoms with E-state index in [-0.39, 0.29) is 5.60 Å². The molecule has 18 heavy (non-hydrogen) atoms. The molecule has 2 saturated carbocycles. The highest BCUT2D eigenvalue weighted by atomic mass is 16.5. The lowest BCUT2D eigenvalue weighted by Crippen LogP contribution is -2.51. The third kappa shape index (κ3) is 2.61. The third-order valence-corrected chi connectivity index (χ3v) is 5.75. The molecule has 0 unspecified atom stereocenters. The SMILES string of the molecule is CCCO[C@@]1(C)CC[C@H]2C(C)(C)CCC[C@]2(C)C1. The van der Waals surface area contributed by atoms with Crippen LogP contribution in [0.25, 0.3) is 0 Å². The molecule has 0 bridgehead atoms. The van der Waals surface area contributed by atoms with Crippen LogP contribution in [0.5, 0.6) is 0 Å². The Bertz CT molecular complexity index is 296. The Morgan fingerprint density at radius 2 is 1.78 bits per heavy atom. The summed E-state index contributed by atoms with van der Waals surface area (Å²) in [6.45, 7) is 13.0. The lowest BCUT2D eigenvalue weighted by molar-refractivity contribution is -0.142. The minimum absolute atomic E-state index is 0.147. The van der Waals surface area contributed by atoms with Crippen molar-refractivity contribution in [1.82, 2.24) is 0 Å². The van der Waals surface area contributed by atoms with Crippen LogP contribution in [0.15, 0.2) is 0 Å². The summed E-state index contributed by atoms with van der Waals surface area (Å²) in [5.41, 5.74) is 1.20. The molecule has 0 amide bonds. The van der Waals surface area contributed by atoms with Crippen molar-refractivity contribution in [2.75, 3.05) is 6.61 Å². The van der Waals surface area contributed by atoms with Crippen molar-refractivity contribution in [1.29, 1.82) is 0 Å². The van der Waals surface area contributed by atoms with Gasteiger partial charge in [0.25, 0.3) is 0 Å². The molecule has 0 N–H and O–H groups in total. The number of ether oxygens (including phenoxy) is 1. The highest BCUT2D eigenvalue weighted by Gasteiger charge is 2.52. The topological polar surface area (TPSA) is 9.23 Å². The largest absolute Gasteiger partial charge is 0.375 e. The van der Waals surface area contributed by atoms with E-state index in [4.69, 9.17) is 4.74 Å². The van der Waals surface area contributed by atoms with Crippen LogP contribution in [0.2, 0.25) is 0 Å². The van der Waals surface area contributed by atoms with Crippen molar-refractivity contribution in [2.24, 2.45) is 16.7 Å². The minimum atomic E-state index is 0.147. The fourth-order valence-electron chi connectivity index (χ4n) is 5.05. The summed E-state index contributed by atoms with van der Waals surface area (Å²) in [7, 11) is 0. The fourth-order valence-corrected chi connectivity index (χ4v) is 5.05. The zero-order valence-electron chi connectivity index (χ0n) is 13.1. The third-order valence-electron chi connectivity index (χ3n) is 5.75. The first-order valence-electron chi connectivity index (χ1n) is 7.95. The van der Waals surface area contributed by atoms with Crippen LogP contribution in [0, 0.1) is 16.7 Å². The van der Waals surface area contributed by atoms with Crippen molar-refractivity contribution in [2.45, 2.75) is 85.2 Å². The van der Waals surface area contributed by atoms with Crippen molar-refractivity contribution < 1.29 is 4.74 Å². The van der Waals surface area contributed by atoms with Crippen LogP contribution in [-0.2, 0) is 4.74 Å². The summed E-state index contributed by atoms with van der Waals surface area (Å²) in [5.74, 6) is 0.900. The first kappa shape index (κ1) is 14.4. The van der Waals surface area contributed by atoms with Gasteiger partial charge in [0.1, 0.15) is 0 Å². The van der Waals surface area contributed by atoms with Gasteiger partial charge in [0.2, 0.25) is 0 Å². The van der Waals surface area contributed by atoms with E-state index in [2.05, 4.69) is 34.6 Å². The van der Waals surface area contributed by atoms with Gasteiger partial charge in [-0.25, -0.2) is 0 Å². The Morgan fingerprint density at radius 1 is 1.06 bits per heavy atom. The molecule has 0 aromatic carbocycles. The zero-order chi connectivity index (χ0) is 13.4. The Hall–Kier alpha value is -0.0400. The van der Waals surface area contributed by atoms with Gasteiger partial charge < -0.3 is 4.74 Å². The average Bonchev–Trinajstić information content (AvgIpc) is 2.24. The molecule has 0 saturated heterocycles. The van der Waals surface area contributed by atoms with E-state index >= 15 is 0 Å². The molecule has 0 spiro atoms. The van der Waals surface area contributed by atoms with Gasteiger partial charge in [-0.05, 0) is 62.2 Å². The van der Waals surface area contributed by atoms with E-state index in [1.165, 1.54) is 38.5 Å².